The summed E-state index contributed by atoms with van der Waals surface area (Å²) in [5.74, 6) is 1.16. The highest BCUT2D eigenvalue weighted by Crippen LogP contribution is 2.34. The standard InChI is InChI=1S/C29H27N5O4/c1-37-14-13-34(29(35)36)28-31-24-8-6-20(17-25(24)32-28)19-7-9-27-21(16-19)18-33(12-15-38-27)26-10-11-30-23-5-3-2-4-22(23)26/h2-11,16-17H,12-15,18H2,1H3,(H,31,32)(H,35,36). The third-order valence-corrected chi connectivity index (χ3v) is 6.82. The summed E-state index contributed by atoms with van der Waals surface area (Å²) in [7, 11) is 1.54. The maximum absolute atomic E-state index is 11.7. The minimum absolute atomic E-state index is 0.187. The molecule has 9 nitrogen and oxygen atoms in total. The lowest BCUT2D eigenvalue weighted by Gasteiger charge is -2.23. The SMILES string of the molecule is COCCN(C(=O)O)c1nc2ccc(-c3ccc4c(c3)CN(c3ccnc5ccccc35)CCO4)cc2[nH]1. The number of methoxy groups -OCH3 is 1. The molecule has 0 unspecified atom stereocenters. The predicted octanol–water partition coefficient (Wildman–Crippen LogP) is 5.31. The molecule has 0 saturated carbocycles. The number of aromatic nitrogens is 3. The quantitative estimate of drug-likeness (QED) is 0.320. The van der Waals surface area contributed by atoms with E-state index in [-0.39, 0.29) is 19.1 Å². The molecule has 6 rings (SSSR count). The zero-order chi connectivity index (χ0) is 26.1. The van der Waals surface area contributed by atoms with Crippen molar-refractivity contribution in [3.8, 4) is 16.9 Å². The van der Waals surface area contributed by atoms with Crippen LogP contribution in [0.1, 0.15) is 5.56 Å². The molecule has 0 bridgehead atoms. The molecule has 1 aliphatic rings. The summed E-state index contributed by atoms with van der Waals surface area (Å²) in [6, 6.07) is 22.4. The van der Waals surface area contributed by atoms with Gasteiger partial charge in [-0.05, 0) is 47.5 Å². The van der Waals surface area contributed by atoms with Crippen molar-refractivity contribution in [3.63, 3.8) is 0 Å². The van der Waals surface area contributed by atoms with Crippen LogP contribution in [0.2, 0.25) is 0 Å². The van der Waals surface area contributed by atoms with E-state index < -0.39 is 6.09 Å². The fourth-order valence-electron chi connectivity index (χ4n) is 4.91. The Morgan fingerprint density at radius 3 is 2.82 bits per heavy atom. The van der Waals surface area contributed by atoms with Crippen molar-refractivity contribution >= 4 is 39.7 Å². The second-order valence-corrected chi connectivity index (χ2v) is 9.16. The summed E-state index contributed by atoms with van der Waals surface area (Å²) < 4.78 is 11.2. The van der Waals surface area contributed by atoms with Gasteiger partial charge in [-0.15, -0.1) is 0 Å². The number of hydrogen-bond acceptors (Lipinski definition) is 6. The summed E-state index contributed by atoms with van der Waals surface area (Å²) in [5, 5.41) is 10.7. The second kappa shape index (κ2) is 10.0. The molecule has 192 valence electrons. The lowest BCUT2D eigenvalue weighted by atomic mass is 10.0. The number of para-hydroxylation sites is 1. The normalized spacial score (nSPS) is 13.2. The zero-order valence-electron chi connectivity index (χ0n) is 20.9. The fraction of sp³-hybridized carbons (Fsp3) is 0.207. The Balaban J connectivity index is 1.32. The summed E-state index contributed by atoms with van der Waals surface area (Å²) >= 11 is 0. The van der Waals surface area contributed by atoms with Crippen LogP contribution in [0.25, 0.3) is 33.1 Å². The van der Waals surface area contributed by atoms with E-state index in [1.165, 1.54) is 7.11 Å². The molecule has 1 aliphatic heterocycles. The minimum atomic E-state index is -1.08. The first-order valence-corrected chi connectivity index (χ1v) is 12.4. The Morgan fingerprint density at radius 1 is 1.11 bits per heavy atom. The number of nitrogens with one attached hydrogen (secondary N) is 1. The number of imidazole rings is 1. The molecule has 2 N–H and O–H groups in total. The highest BCUT2D eigenvalue weighted by atomic mass is 16.5. The average Bonchev–Trinajstić information content (AvgIpc) is 3.23. The number of ether oxygens (including phenoxy) is 2. The van der Waals surface area contributed by atoms with Crippen molar-refractivity contribution < 1.29 is 19.4 Å². The largest absolute Gasteiger partial charge is 0.491 e. The van der Waals surface area contributed by atoms with Crippen LogP contribution in [-0.2, 0) is 11.3 Å². The molecule has 0 radical (unpaired) electrons. The van der Waals surface area contributed by atoms with Crippen LogP contribution in [0.3, 0.4) is 0 Å². The predicted molar refractivity (Wildman–Crippen MR) is 147 cm³/mol. The zero-order valence-corrected chi connectivity index (χ0v) is 20.9. The number of nitrogens with zero attached hydrogens (tertiary/aromatic N) is 4. The molecule has 3 aromatic carbocycles. The van der Waals surface area contributed by atoms with Crippen LogP contribution in [0.5, 0.6) is 5.75 Å². The molecule has 0 fully saturated rings. The number of amides is 1. The molecule has 0 spiro atoms. The van der Waals surface area contributed by atoms with E-state index in [9.17, 15) is 9.90 Å². The first-order chi connectivity index (χ1) is 18.6. The summed E-state index contributed by atoms with van der Waals surface area (Å²) in [5.41, 5.74) is 6.71. The lowest BCUT2D eigenvalue weighted by molar-refractivity contribution is 0.186. The van der Waals surface area contributed by atoms with Crippen LogP contribution < -0.4 is 14.5 Å². The van der Waals surface area contributed by atoms with E-state index in [0.29, 0.717) is 18.7 Å². The van der Waals surface area contributed by atoms with Crippen LogP contribution in [0.4, 0.5) is 16.4 Å². The minimum Gasteiger partial charge on any atom is -0.491 e. The van der Waals surface area contributed by atoms with E-state index in [1.54, 1.807) is 0 Å². The Morgan fingerprint density at radius 2 is 1.95 bits per heavy atom. The molecule has 9 heteroatoms. The second-order valence-electron chi connectivity index (χ2n) is 9.16. The van der Waals surface area contributed by atoms with Gasteiger partial charge >= 0.3 is 6.09 Å². The molecule has 0 atom stereocenters. The van der Waals surface area contributed by atoms with Gasteiger partial charge in [0, 0.05) is 36.5 Å². The number of pyridine rings is 1. The number of rotatable bonds is 6. The van der Waals surface area contributed by atoms with Gasteiger partial charge in [-0.2, -0.15) is 0 Å². The Kier molecular flexibility index (Phi) is 6.27. The van der Waals surface area contributed by atoms with Gasteiger partial charge in [0.05, 0.1) is 36.2 Å². The van der Waals surface area contributed by atoms with Crippen LogP contribution in [-0.4, -0.2) is 59.6 Å². The van der Waals surface area contributed by atoms with Crippen LogP contribution in [0, 0.1) is 0 Å². The highest BCUT2D eigenvalue weighted by Gasteiger charge is 2.20. The van der Waals surface area contributed by atoms with Gasteiger partial charge < -0.3 is 24.5 Å². The number of hydrogen-bond donors (Lipinski definition) is 2. The lowest BCUT2D eigenvalue weighted by Crippen LogP contribution is -2.33. The third-order valence-electron chi connectivity index (χ3n) is 6.82. The third kappa shape index (κ3) is 4.48. The van der Waals surface area contributed by atoms with Gasteiger partial charge in [0.1, 0.15) is 12.4 Å². The van der Waals surface area contributed by atoms with E-state index in [2.05, 4.69) is 44.1 Å². The molecule has 0 aliphatic carbocycles. The van der Waals surface area contributed by atoms with Gasteiger partial charge in [-0.25, -0.2) is 14.7 Å². The molecular formula is C29H27N5O4. The van der Waals surface area contributed by atoms with Gasteiger partial charge in [0.25, 0.3) is 0 Å². The van der Waals surface area contributed by atoms with Gasteiger partial charge in [0.15, 0.2) is 0 Å². The maximum Gasteiger partial charge on any atom is 0.414 e. The average molecular weight is 510 g/mol. The molecule has 1 amide bonds. The smallest absolute Gasteiger partial charge is 0.414 e. The van der Waals surface area contributed by atoms with Crippen LogP contribution >= 0.6 is 0 Å². The van der Waals surface area contributed by atoms with E-state index in [4.69, 9.17) is 9.47 Å². The molecule has 3 heterocycles. The van der Waals surface area contributed by atoms with Gasteiger partial charge in [-0.3, -0.25) is 4.98 Å². The number of H-pyrrole nitrogens is 1. The number of anilines is 2. The van der Waals surface area contributed by atoms with Crippen molar-refractivity contribution in [1.82, 2.24) is 15.0 Å². The van der Waals surface area contributed by atoms with Crippen LogP contribution in [0.15, 0.2) is 72.9 Å². The summed E-state index contributed by atoms with van der Waals surface area (Å²) in [4.78, 5) is 27.4. The number of benzene rings is 3. The maximum atomic E-state index is 11.7. The Labute approximate surface area is 219 Å². The van der Waals surface area contributed by atoms with Crippen molar-refractivity contribution in [2.24, 2.45) is 0 Å². The number of fused-ring (bicyclic) bond motifs is 3. The van der Waals surface area contributed by atoms with E-state index >= 15 is 0 Å². The molecule has 5 aromatic rings. The van der Waals surface area contributed by atoms with Crippen molar-refractivity contribution in [2.75, 3.05) is 43.2 Å². The molecule has 0 saturated heterocycles. The molecular weight excluding hydrogens is 482 g/mol. The number of aromatic amines is 1. The van der Waals surface area contributed by atoms with Crippen molar-refractivity contribution in [1.29, 1.82) is 0 Å². The monoisotopic (exact) mass is 509 g/mol. The van der Waals surface area contributed by atoms with Crippen molar-refractivity contribution in [2.45, 2.75) is 6.54 Å². The van der Waals surface area contributed by atoms with Gasteiger partial charge in [0.2, 0.25) is 5.95 Å². The Bertz CT molecular complexity index is 1630. The molecule has 38 heavy (non-hydrogen) atoms. The van der Waals surface area contributed by atoms with Crippen molar-refractivity contribution in [3.05, 3.63) is 78.5 Å². The first kappa shape index (κ1) is 23.7. The first-order valence-electron chi connectivity index (χ1n) is 12.4. The van der Waals surface area contributed by atoms with E-state index in [1.807, 2.05) is 48.7 Å². The summed E-state index contributed by atoms with van der Waals surface area (Å²) in [6.07, 6.45) is 0.772. The molecule has 2 aromatic heterocycles. The number of carbonyl (C=O) groups is 1. The summed E-state index contributed by atoms with van der Waals surface area (Å²) in [6.45, 7) is 2.53. The Hall–Kier alpha value is -4.63. The number of carboxylic acid groups (broad SMARTS) is 1. The topological polar surface area (TPSA) is 104 Å². The fourth-order valence-corrected chi connectivity index (χ4v) is 4.91. The van der Waals surface area contributed by atoms with E-state index in [0.717, 1.165) is 56.0 Å². The highest BCUT2D eigenvalue weighted by molar-refractivity contribution is 5.92. The van der Waals surface area contributed by atoms with Gasteiger partial charge in [-0.1, -0.05) is 30.3 Å².